The van der Waals surface area contributed by atoms with E-state index in [1.54, 1.807) is 12.1 Å². The lowest BCUT2D eigenvalue weighted by Gasteiger charge is -2.05. The van der Waals surface area contributed by atoms with E-state index in [-0.39, 0.29) is 0 Å². The first-order chi connectivity index (χ1) is 9.95. The van der Waals surface area contributed by atoms with Gasteiger partial charge in [-0.3, -0.25) is 10.1 Å². The molecular formula is C12H10ClF2N3O3. The van der Waals surface area contributed by atoms with Crippen LogP contribution in [0.4, 0.5) is 14.5 Å². The van der Waals surface area contributed by atoms with E-state index in [2.05, 4.69) is 5.10 Å². The van der Waals surface area contributed by atoms with Crippen molar-refractivity contribution in [1.29, 1.82) is 0 Å². The normalized spacial score (nSPS) is 10.9. The minimum Gasteiger partial charge on any atom is -0.494 e. The van der Waals surface area contributed by atoms with Crippen LogP contribution >= 0.6 is 11.6 Å². The van der Waals surface area contributed by atoms with Gasteiger partial charge in [-0.2, -0.15) is 5.10 Å². The molecule has 0 N–H and O–H groups in total. The molecule has 9 heteroatoms. The number of hydrogen-bond donors (Lipinski definition) is 0. The molecule has 0 fully saturated rings. The van der Waals surface area contributed by atoms with Crippen LogP contribution in [0.15, 0.2) is 24.3 Å². The van der Waals surface area contributed by atoms with Crippen LogP contribution in [-0.2, 0) is 0 Å². The van der Waals surface area contributed by atoms with Gasteiger partial charge >= 0.3 is 5.69 Å². The molecule has 0 aliphatic rings. The molecule has 0 atom stereocenters. The van der Waals surface area contributed by atoms with Gasteiger partial charge in [0.1, 0.15) is 5.75 Å². The summed E-state index contributed by atoms with van der Waals surface area (Å²) in [7, 11) is 0. The van der Waals surface area contributed by atoms with Crippen LogP contribution in [0.2, 0.25) is 5.15 Å². The second kappa shape index (κ2) is 6.04. The molecule has 0 bridgehead atoms. The molecule has 1 aromatic heterocycles. The van der Waals surface area contributed by atoms with Crippen LogP contribution < -0.4 is 4.74 Å². The second-order valence-corrected chi connectivity index (χ2v) is 4.28. The summed E-state index contributed by atoms with van der Waals surface area (Å²) in [6, 6.07) is 6.21. The number of alkyl halides is 2. The maximum Gasteiger partial charge on any atom is 0.335 e. The molecule has 1 heterocycles. The number of nitrogens with zero attached hydrogens (tertiary/aromatic N) is 3. The number of benzene rings is 1. The number of ether oxygens (including phenoxy) is 1. The summed E-state index contributed by atoms with van der Waals surface area (Å²) in [5, 5.41) is 13.9. The maximum atomic E-state index is 12.8. The quantitative estimate of drug-likeness (QED) is 0.621. The summed E-state index contributed by atoms with van der Waals surface area (Å²) in [5.41, 5.74) is -1.53. The topological polar surface area (TPSA) is 70.2 Å². The van der Waals surface area contributed by atoms with Gasteiger partial charge in [0, 0.05) is 0 Å². The highest BCUT2D eigenvalue weighted by molar-refractivity contribution is 6.32. The van der Waals surface area contributed by atoms with Gasteiger partial charge < -0.3 is 4.74 Å². The number of nitro groups is 1. The molecule has 1 aromatic carbocycles. The first-order valence-corrected chi connectivity index (χ1v) is 6.27. The Bertz CT molecular complexity index is 659. The van der Waals surface area contributed by atoms with Crippen molar-refractivity contribution in [3.05, 3.63) is 45.2 Å². The molecule has 0 amide bonds. The predicted molar refractivity (Wildman–Crippen MR) is 71.4 cm³/mol. The van der Waals surface area contributed by atoms with Crippen molar-refractivity contribution in [2.24, 2.45) is 0 Å². The molecule has 112 valence electrons. The smallest absolute Gasteiger partial charge is 0.335 e. The first kappa shape index (κ1) is 15.2. The molecule has 0 radical (unpaired) electrons. The molecule has 2 aromatic rings. The van der Waals surface area contributed by atoms with Crippen molar-refractivity contribution in [1.82, 2.24) is 9.78 Å². The molecule has 0 unspecified atom stereocenters. The van der Waals surface area contributed by atoms with Gasteiger partial charge in [0.2, 0.25) is 10.8 Å². The molecule has 0 aliphatic carbocycles. The minimum atomic E-state index is -3.09. The molecule has 21 heavy (non-hydrogen) atoms. The molecule has 0 saturated carbocycles. The van der Waals surface area contributed by atoms with Crippen molar-refractivity contribution in [3.63, 3.8) is 0 Å². The van der Waals surface area contributed by atoms with E-state index < -0.39 is 27.9 Å². The van der Waals surface area contributed by atoms with Crippen molar-refractivity contribution in [2.45, 2.75) is 13.3 Å². The Morgan fingerprint density at radius 3 is 2.48 bits per heavy atom. The zero-order chi connectivity index (χ0) is 15.6. The van der Waals surface area contributed by atoms with Crippen molar-refractivity contribution >= 4 is 17.3 Å². The highest BCUT2D eigenvalue weighted by Gasteiger charge is 2.32. The van der Waals surface area contributed by atoms with Crippen LogP contribution in [0.25, 0.3) is 5.69 Å². The fraction of sp³-hybridized carbons (Fsp3) is 0.250. The highest BCUT2D eigenvalue weighted by Crippen LogP contribution is 2.36. The van der Waals surface area contributed by atoms with Crippen LogP contribution in [0.3, 0.4) is 0 Å². The molecule has 0 saturated heterocycles. The number of hydrogen-bond acceptors (Lipinski definition) is 4. The van der Waals surface area contributed by atoms with Crippen LogP contribution in [0.5, 0.6) is 5.75 Å². The number of rotatable bonds is 5. The third-order valence-electron chi connectivity index (χ3n) is 2.61. The Morgan fingerprint density at radius 2 is 2.05 bits per heavy atom. The lowest BCUT2D eigenvalue weighted by atomic mass is 10.3. The van der Waals surface area contributed by atoms with Crippen molar-refractivity contribution in [3.8, 4) is 11.4 Å². The first-order valence-electron chi connectivity index (χ1n) is 5.89. The number of halogens is 3. The van der Waals surface area contributed by atoms with E-state index in [1.165, 1.54) is 12.1 Å². The van der Waals surface area contributed by atoms with E-state index in [0.717, 1.165) is 4.68 Å². The molecule has 2 rings (SSSR count). The zero-order valence-corrected chi connectivity index (χ0v) is 11.6. The highest BCUT2D eigenvalue weighted by atomic mass is 35.5. The molecule has 0 spiro atoms. The molecule has 6 nitrogen and oxygen atoms in total. The van der Waals surface area contributed by atoms with Gasteiger partial charge in [0.15, 0.2) is 0 Å². The van der Waals surface area contributed by atoms with Gasteiger partial charge in [-0.1, -0.05) is 11.6 Å². The van der Waals surface area contributed by atoms with Gasteiger partial charge in [-0.05, 0) is 31.2 Å². The average Bonchev–Trinajstić information content (AvgIpc) is 2.78. The third kappa shape index (κ3) is 2.94. The lowest BCUT2D eigenvalue weighted by Crippen LogP contribution is -1.98. The van der Waals surface area contributed by atoms with E-state index in [4.69, 9.17) is 16.3 Å². The van der Waals surface area contributed by atoms with Crippen LogP contribution in [0.1, 0.15) is 19.0 Å². The SMILES string of the molecule is CCOc1ccc(-n2nc(C(F)F)c([N+](=O)[O-])c2Cl)cc1. The molecular weight excluding hydrogens is 308 g/mol. The minimum absolute atomic E-state index is 0.318. The zero-order valence-electron chi connectivity index (χ0n) is 10.8. The average molecular weight is 318 g/mol. The van der Waals surface area contributed by atoms with E-state index in [1.807, 2.05) is 6.92 Å². The summed E-state index contributed by atoms with van der Waals surface area (Å²) in [6.45, 7) is 2.29. The van der Waals surface area contributed by atoms with Gasteiger partial charge in [-0.25, -0.2) is 13.5 Å². The van der Waals surface area contributed by atoms with E-state index in [0.29, 0.717) is 18.0 Å². The van der Waals surface area contributed by atoms with E-state index in [9.17, 15) is 18.9 Å². The fourth-order valence-corrected chi connectivity index (χ4v) is 2.04. The van der Waals surface area contributed by atoms with Gasteiger partial charge in [-0.15, -0.1) is 0 Å². The Labute approximate surface area is 123 Å². The van der Waals surface area contributed by atoms with Crippen LogP contribution in [0, 0.1) is 10.1 Å². The maximum absolute atomic E-state index is 12.8. The summed E-state index contributed by atoms with van der Waals surface area (Å²) in [6.07, 6.45) is -3.09. The summed E-state index contributed by atoms with van der Waals surface area (Å²) in [5.74, 6) is 0.577. The largest absolute Gasteiger partial charge is 0.494 e. The summed E-state index contributed by atoms with van der Waals surface area (Å²) >= 11 is 5.80. The lowest BCUT2D eigenvalue weighted by molar-refractivity contribution is -0.386. The monoisotopic (exact) mass is 317 g/mol. The Kier molecular flexibility index (Phi) is 4.37. The third-order valence-corrected chi connectivity index (χ3v) is 2.95. The van der Waals surface area contributed by atoms with Crippen LogP contribution in [-0.4, -0.2) is 21.3 Å². The Balaban J connectivity index is 2.49. The van der Waals surface area contributed by atoms with E-state index >= 15 is 0 Å². The Hall–Kier alpha value is -2.22. The summed E-state index contributed by atoms with van der Waals surface area (Å²) < 4.78 is 31.7. The van der Waals surface area contributed by atoms with Crippen molar-refractivity contribution in [2.75, 3.05) is 6.61 Å². The Morgan fingerprint density at radius 1 is 1.43 bits per heavy atom. The van der Waals surface area contributed by atoms with Gasteiger partial charge in [0.05, 0.1) is 17.2 Å². The predicted octanol–water partition coefficient (Wildman–Crippen LogP) is 3.77. The van der Waals surface area contributed by atoms with Crippen molar-refractivity contribution < 1.29 is 18.4 Å². The molecule has 0 aliphatic heterocycles. The standard InChI is InChI=1S/C12H10ClF2N3O3/c1-2-21-8-5-3-7(4-6-8)17-11(13)10(18(19)20)9(16-17)12(14)15/h3-6,12H,2H2,1H3. The van der Waals surface area contributed by atoms with Gasteiger partial charge in [0.25, 0.3) is 6.43 Å². The second-order valence-electron chi connectivity index (χ2n) is 3.92. The fourth-order valence-electron chi connectivity index (χ4n) is 1.74. The number of aromatic nitrogens is 2. The summed E-state index contributed by atoms with van der Waals surface area (Å²) in [4.78, 5) is 9.88.